The van der Waals surface area contributed by atoms with Crippen LogP contribution in [0.25, 0.3) is 23.3 Å². The molecule has 0 aromatic heterocycles. The van der Waals surface area contributed by atoms with E-state index in [9.17, 15) is 23.8 Å². The van der Waals surface area contributed by atoms with Gasteiger partial charge in [0, 0.05) is 0 Å². The normalized spacial score (nSPS) is 13.7. The van der Waals surface area contributed by atoms with Crippen LogP contribution in [-0.4, -0.2) is 10.3 Å². The van der Waals surface area contributed by atoms with Crippen molar-refractivity contribution in [2.45, 2.75) is 25.7 Å². The summed E-state index contributed by atoms with van der Waals surface area (Å²) in [5.74, 6) is 0. The van der Waals surface area contributed by atoms with Crippen LogP contribution in [0.1, 0.15) is 31.4 Å². The Morgan fingerprint density at radius 2 is 1.29 bits per heavy atom. The molecule has 0 heterocycles. The first-order chi connectivity index (χ1) is 13.0. The summed E-state index contributed by atoms with van der Waals surface area (Å²) in [6.07, 6.45) is 4.23. The third-order valence-electron chi connectivity index (χ3n) is 4.01. The maximum atomic E-state index is 11.1. The molecule has 0 fully saturated rings. The molecule has 2 aromatic carbocycles. The van der Waals surface area contributed by atoms with Gasteiger partial charge in [0.05, 0.1) is 5.40 Å². The minimum Gasteiger partial charge on any atom is -0.810 e. The zero-order chi connectivity index (χ0) is 20.9. The summed E-state index contributed by atoms with van der Waals surface area (Å²) in [4.78, 5) is 42.0. The maximum absolute atomic E-state index is 11.1. The Bertz CT molecular complexity index is 937. The van der Waals surface area contributed by atoms with Crippen LogP contribution in [0, 0.1) is 0 Å². The first kappa shape index (κ1) is 36.3. The zero-order valence-corrected chi connectivity index (χ0v) is 29.7. The van der Waals surface area contributed by atoms with Gasteiger partial charge in [-0.25, -0.2) is 0 Å². The molecule has 0 saturated heterocycles. The predicted octanol–water partition coefficient (Wildman–Crippen LogP) is -6.02. The molecule has 0 spiro atoms. The van der Waals surface area contributed by atoms with E-state index in [0.717, 1.165) is 16.7 Å². The average molecular weight is 537 g/mol. The van der Waals surface area contributed by atoms with E-state index in [-0.39, 0.29) is 154 Å². The fraction of sp³-hybridized carbons (Fsp3) is 0.200. The first-order valence-electron chi connectivity index (χ1n) is 8.54. The molecule has 2 atom stereocenters. The van der Waals surface area contributed by atoms with Crippen LogP contribution >= 0.6 is 15.2 Å². The fourth-order valence-corrected chi connectivity index (χ4v) is 4.86. The maximum Gasteiger partial charge on any atom is 1.00 e. The van der Waals surface area contributed by atoms with Gasteiger partial charge in [-0.1, -0.05) is 79.9 Å². The Morgan fingerprint density at radius 1 is 0.871 bits per heavy atom. The van der Waals surface area contributed by atoms with Gasteiger partial charge in [0.25, 0.3) is 0 Å². The van der Waals surface area contributed by atoms with Gasteiger partial charge in [-0.05, 0) is 42.5 Å². The third-order valence-corrected chi connectivity index (χ3v) is 7.64. The fourth-order valence-electron chi connectivity index (χ4n) is 2.66. The number of allylic oxidation sites excluding steroid dienone is 2. The quantitative estimate of drug-likeness (QED) is 0.278. The minimum atomic E-state index is -5.46. The summed E-state index contributed by atoms with van der Waals surface area (Å²) in [6, 6.07) is 15.4. The van der Waals surface area contributed by atoms with Crippen molar-refractivity contribution in [2.24, 2.45) is 0 Å². The average Bonchev–Trinajstić information content (AvgIpc) is 2.57. The van der Waals surface area contributed by atoms with Crippen LogP contribution < -0.4 is 169 Å². The van der Waals surface area contributed by atoms with Crippen LogP contribution in [-0.2, 0) is 9.13 Å². The van der Waals surface area contributed by atoms with Crippen molar-refractivity contribution in [3.05, 3.63) is 71.3 Å². The van der Waals surface area contributed by atoms with Gasteiger partial charge in [0.2, 0.25) is 0 Å². The largest absolute Gasteiger partial charge is 1.00 e. The molecule has 150 valence electrons. The molecule has 0 aliphatic carbocycles. The van der Waals surface area contributed by atoms with Gasteiger partial charge in [0.15, 0.2) is 0 Å². The van der Waals surface area contributed by atoms with Crippen LogP contribution in [0.4, 0.5) is 0 Å². The Balaban J connectivity index is 0. The minimum absolute atomic E-state index is 0. The molecular weight excluding hydrogens is 515 g/mol. The first-order valence-corrected chi connectivity index (χ1v) is 11.8. The molecule has 31 heavy (non-hydrogen) atoms. The van der Waals surface area contributed by atoms with E-state index in [2.05, 4.69) is 6.08 Å². The van der Waals surface area contributed by atoms with E-state index in [1.54, 1.807) is 12.1 Å². The van der Waals surface area contributed by atoms with E-state index in [4.69, 9.17) is 4.89 Å². The zero-order valence-electron chi connectivity index (χ0n) is 18.5. The van der Waals surface area contributed by atoms with E-state index in [0.29, 0.717) is 5.56 Å². The summed E-state index contributed by atoms with van der Waals surface area (Å²) in [7, 11) is -10.7. The third kappa shape index (κ3) is 13.3. The molecule has 2 rings (SSSR count). The SMILES string of the molecule is CC(C)=Cc1ccc(-c2ccc(/C=C/CC(P(=O)([O-])[O-])P(=O)([O-])O)cc2)cc1.[K+].[K+].[K+]. The van der Waals surface area contributed by atoms with Gasteiger partial charge in [-0.3, -0.25) is 0 Å². The molecule has 0 radical (unpaired) electrons. The Hall–Kier alpha value is 3.13. The van der Waals surface area contributed by atoms with Crippen LogP contribution in [0.15, 0.2) is 60.2 Å². The van der Waals surface area contributed by atoms with E-state index >= 15 is 0 Å². The molecule has 2 aromatic rings. The number of hydrogen-bond donors (Lipinski definition) is 1. The molecule has 1 N–H and O–H groups in total. The predicted molar refractivity (Wildman–Crippen MR) is 106 cm³/mol. The molecular formula is C20H21K3O6P2. The molecule has 6 nitrogen and oxygen atoms in total. The second-order valence-electron chi connectivity index (χ2n) is 6.69. The van der Waals surface area contributed by atoms with Crippen molar-refractivity contribution in [3.63, 3.8) is 0 Å². The molecule has 0 saturated carbocycles. The van der Waals surface area contributed by atoms with Crippen molar-refractivity contribution in [1.29, 1.82) is 0 Å². The second-order valence-corrected chi connectivity index (χ2v) is 10.6. The Labute approximate surface area is 311 Å². The Kier molecular flexibility index (Phi) is 19.7. The number of hydrogen-bond acceptors (Lipinski definition) is 5. The van der Waals surface area contributed by atoms with Crippen molar-refractivity contribution < 1.29 is 183 Å². The van der Waals surface area contributed by atoms with Crippen molar-refractivity contribution in [2.75, 3.05) is 0 Å². The van der Waals surface area contributed by atoms with Gasteiger partial charge in [-0.15, -0.1) is 0 Å². The Morgan fingerprint density at radius 3 is 1.65 bits per heavy atom. The van der Waals surface area contributed by atoms with E-state index in [1.807, 2.05) is 50.2 Å². The summed E-state index contributed by atoms with van der Waals surface area (Å²) >= 11 is 0. The van der Waals surface area contributed by atoms with Gasteiger partial charge in [0.1, 0.15) is 7.60 Å². The summed E-state index contributed by atoms with van der Waals surface area (Å²) in [6.45, 7) is 4.07. The van der Waals surface area contributed by atoms with Gasteiger partial charge >= 0.3 is 154 Å². The molecule has 0 aliphatic heterocycles. The topological polar surface area (TPSA) is 124 Å². The number of benzene rings is 2. The van der Waals surface area contributed by atoms with Crippen LogP contribution in [0.2, 0.25) is 0 Å². The molecule has 0 amide bonds. The van der Waals surface area contributed by atoms with Crippen LogP contribution in [0.5, 0.6) is 0 Å². The standard InChI is InChI=1S/C20H24O6P2.3K/c1-15(2)14-17-8-12-19(13-9-17)18-10-6-16(7-11-18)4-3-5-20(27(21,22)23)28(24,25)26;;;/h3-4,6-14,20H,5H2,1-2H3,(H2,21,22,23)(H2,24,25,26);;;/q;3*+1/p-3/b4-3+;;;. The smallest absolute Gasteiger partial charge is 0.810 e. The van der Waals surface area contributed by atoms with Crippen molar-refractivity contribution in [3.8, 4) is 11.1 Å². The molecule has 11 heteroatoms. The van der Waals surface area contributed by atoms with Gasteiger partial charge < -0.3 is 28.7 Å². The molecule has 0 aliphatic rings. The van der Waals surface area contributed by atoms with Gasteiger partial charge in [-0.2, -0.15) is 0 Å². The van der Waals surface area contributed by atoms with E-state index < -0.39 is 27.0 Å². The monoisotopic (exact) mass is 536 g/mol. The number of rotatable bonds is 7. The van der Waals surface area contributed by atoms with Crippen molar-refractivity contribution >= 4 is 27.3 Å². The summed E-state index contributed by atoms with van der Waals surface area (Å²) in [5.41, 5.74) is 5.06. The summed E-state index contributed by atoms with van der Waals surface area (Å²) < 4.78 is 22.1. The molecule has 0 bridgehead atoms. The second kappa shape index (κ2) is 16.8. The van der Waals surface area contributed by atoms with E-state index in [1.165, 1.54) is 17.7 Å². The van der Waals surface area contributed by atoms with Crippen molar-refractivity contribution in [1.82, 2.24) is 0 Å². The summed E-state index contributed by atoms with van der Waals surface area (Å²) in [5, 5.41) is -2.35. The van der Waals surface area contributed by atoms with Crippen LogP contribution in [0.3, 0.4) is 0 Å². The molecule has 2 unspecified atom stereocenters.